The lowest BCUT2D eigenvalue weighted by atomic mass is 9.78. The van der Waals surface area contributed by atoms with Crippen LogP contribution in [0.3, 0.4) is 0 Å². The first-order valence-electron chi connectivity index (χ1n) is 11.8. The minimum atomic E-state index is -1.29. The number of hydrogen-bond donors (Lipinski definition) is 3. The number of nitrogens with zero attached hydrogens (tertiary/aromatic N) is 1. The summed E-state index contributed by atoms with van der Waals surface area (Å²) in [4.78, 5) is 26.9. The third kappa shape index (κ3) is 7.89. The van der Waals surface area contributed by atoms with Crippen molar-refractivity contribution in [1.82, 2.24) is 15.5 Å². The van der Waals surface area contributed by atoms with Gasteiger partial charge in [0.1, 0.15) is 11.6 Å². The summed E-state index contributed by atoms with van der Waals surface area (Å²) < 4.78 is 33.5. The van der Waals surface area contributed by atoms with Crippen LogP contribution in [0.25, 0.3) is 0 Å². The second-order valence-electron chi connectivity index (χ2n) is 8.89. The number of hydrogen-bond acceptors (Lipinski definition) is 5. The zero-order valence-electron chi connectivity index (χ0n) is 21.1. The van der Waals surface area contributed by atoms with E-state index in [1.165, 1.54) is 19.1 Å². The molecule has 7 nitrogen and oxygen atoms in total. The Morgan fingerprint density at radius 2 is 2.03 bits per heavy atom. The molecular formula is C26H34BF2N3O4. The van der Waals surface area contributed by atoms with Gasteiger partial charge in [0.2, 0.25) is 5.91 Å². The smallest absolute Gasteiger partial charge is 0.423 e. The van der Waals surface area contributed by atoms with Gasteiger partial charge >= 0.3 is 7.12 Å². The second kappa shape index (κ2) is 13.2. The van der Waals surface area contributed by atoms with E-state index < -0.39 is 30.7 Å². The highest BCUT2D eigenvalue weighted by Crippen LogP contribution is 2.19. The highest BCUT2D eigenvalue weighted by Gasteiger charge is 2.31. The van der Waals surface area contributed by atoms with Crippen molar-refractivity contribution >= 4 is 24.4 Å². The van der Waals surface area contributed by atoms with Crippen molar-refractivity contribution in [2.75, 3.05) is 19.6 Å². The highest BCUT2D eigenvalue weighted by atomic mass is 19.1. The summed E-state index contributed by atoms with van der Waals surface area (Å²) in [6, 6.07) is 1.97. The predicted octanol–water partition coefficient (Wildman–Crippen LogP) is 2.88. The van der Waals surface area contributed by atoms with Crippen molar-refractivity contribution in [3.8, 4) is 0 Å². The van der Waals surface area contributed by atoms with Crippen LogP contribution in [0.2, 0.25) is 0 Å². The van der Waals surface area contributed by atoms with E-state index in [9.17, 15) is 23.4 Å². The number of rotatable bonds is 13. The van der Waals surface area contributed by atoms with E-state index in [4.69, 9.17) is 4.65 Å². The first-order valence-corrected chi connectivity index (χ1v) is 11.8. The van der Waals surface area contributed by atoms with E-state index in [-0.39, 0.29) is 53.3 Å². The second-order valence-corrected chi connectivity index (χ2v) is 8.89. The molecule has 2 amide bonds. The maximum absolute atomic E-state index is 14.4. The van der Waals surface area contributed by atoms with Crippen LogP contribution < -0.4 is 16.1 Å². The molecule has 1 aliphatic rings. The Morgan fingerprint density at radius 3 is 2.67 bits per heavy atom. The fraction of sp³-hybridized carbons (Fsp3) is 0.385. The van der Waals surface area contributed by atoms with Gasteiger partial charge in [-0.25, -0.2) is 8.78 Å². The molecule has 0 radical (unpaired) electrons. The van der Waals surface area contributed by atoms with Crippen molar-refractivity contribution in [3.05, 3.63) is 77.6 Å². The molecule has 2 rings (SSSR count). The number of carbonyl (C=O) groups excluding carboxylic acids is 2. The average molecular weight is 501 g/mol. The van der Waals surface area contributed by atoms with Crippen LogP contribution in [0.4, 0.5) is 8.78 Å². The van der Waals surface area contributed by atoms with Gasteiger partial charge in [0.05, 0.1) is 13.2 Å². The van der Waals surface area contributed by atoms with Gasteiger partial charge in [-0.2, -0.15) is 0 Å². The van der Waals surface area contributed by atoms with E-state index >= 15 is 0 Å². The highest BCUT2D eigenvalue weighted by molar-refractivity contribution is 6.61. The molecule has 0 aromatic heterocycles. The Morgan fingerprint density at radius 1 is 1.33 bits per heavy atom. The Hall–Kier alpha value is -3.24. The summed E-state index contributed by atoms with van der Waals surface area (Å²) in [7, 11) is -1.29. The van der Waals surface area contributed by atoms with Crippen LogP contribution in [-0.2, 0) is 16.1 Å². The van der Waals surface area contributed by atoms with Gasteiger partial charge in [-0.15, -0.1) is 0 Å². The normalized spacial score (nSPS) is 13.6. The molecule has 0 bridgehead atoms. The summed E-state index contributed by atoms with van der Waals surface area (Å²) in [6.07, 6.45) is 2.94. The standard InChI is InChI=1S/C26H34BF2N3O4/c1-7-8-9-30-25(33)14-32(19(6)17(4)10-23(28)16(2)3)13-18(5)31-26(34)20-11-22-21(24(29)12-20)15-36-27(22)35/h10-12,18,35H,2,4,6-9,13-15H2,1,3,5H3,(H,30,33)(H,31,34)/b23-10+. The maximum Gasteiger partial charge on any atom is 0.491 e. The number of allylic oxidation sites excluding steroid dienone is 3. The summed E-state index contributed by atoms with van der Waals surface area (Å²) in [5, 5.41) is 15.4. The largest absolute Gasteiger partial charge is 0.491 e. The lowest BCUT2D eigenvalue weighted by Gasteiger charge is -2.30. The van der Waals surface area contributed by atoms with Crippen molar-refractivity contribution < 1.29 is 28.0 Å². The monoisotopic (exact) mass is 501 g/mol. The number of amides is 2. The SMILES string of the molecule is C=C(/C=C(/F)C(=C)C)C(=C)N(CC(=O)NCCCC)CC(C)NC(=O)c1cc(F)c2c(c1)B(O)OC2. The van der Waals surface area contributed by atoms with Crippen LogP contribution in [0.15, 0.2) is 60.6 Å². The third-order valence-electron chi connectivity index (χ3n) is 5.66. The van der Waals surface area contributed by atoms with E-state index in [0.29, 0.717) is 12.2 Å². The van der Waals surface area contributed by atoms with E-state index in [0.717, 1.165) is 18.9 Å². The van der Waals surface area contributed by atoms with Gasteiger partial charge in [-0.3, -0.25) is 9.59 Å². The van der Waals surface area contributed by atoms with Crippen LogP contribution in [-0.4, -0.2) is 54.5 Å². The summed E-state index contributed by atoms with van der Waals surface area (Å²) >= 11 is 0. The zero-order valence-corrected chi connectivity index (χ0v) is 21.1. The van der Waals surface area contributed by atoms with Crippen LogP contribution in [0, 0.1) is 5.82 Å². The summed E-state index contributed by atoms with van der Waals surface area (Å²) in [5.74, 6) is -2.01. The van der Waals surface area contributed by atoms with E-state index in [1.807, 2.05) is 6.92 Å². The minimum absolute atomic E-state index is 0.0289. The van der Waals surface area contributed by atoms with Crippen molar-refractivity contribution in [2.24, 2.45) is 0 Å². The van der Waals surface area contributed by atoms with Crippen molar-refractivity contribution in [2.45, 2.75) is 46.3 Å². The molecule has 3 N–H and O–H groups in total. The molecule has 10 heteroatoms. The first kappa shape index (κ1) is 29.0. The van der Waals surface area contributed by atoms with Gasteiger partial charge in [-0.1, -0.05) is 33.1 Å². The molecule has 1 unspecified atom stereocenters. The fourth-order valence-corrected chi connectivity index (χ4v) is 3.56. The lowest BCUT2D eigenvalue weighted by Crippen LogP contribution is -2.45. The van der Waals surface area contributed by atoms with E-state index in [2.05, 4.69) is 30.4 Å². The number of nitrogens with one attached hydrogen (secondary N) is 2. The van der Waals surface area contributed by atoms with Crippen LogP contribution in [0.1, 0.15) is 49.5 Å². The third-order valence-corrected chi connectivity index (χ3v) is 5.66. The number of benzene rings is 1. The van der Waals surface area contributed by atoms with Gasteiger partial charge in [-0.05, 0) is 55.1 Å². The topological polar surface area (TPSA) is 90.9 Å². The Balaban J connectivity index is 2.15. The molecule has 1 aromatic rings. The van der Waals surface area contributed by atoms with Gasteiger partial charge in [0.15, 0.2) is 0 Å². The minimum Gasteiger partial charge on any atom is -0.423 e. The average Bonchev–Trinajstić information content (AvgIpc) is 3.19. The van der Waals surface area contributed by atoms with Crippen LogP contribution in [0.5, 0.6) is 0 Å². The quantitative estimate of drug-likeness (QED) is 0.220. The van der Waals surface area contributed by atoms with Crippen molar-refractivity contribution in [1.29, 1.82) is 0 Å². The molecule has 194 valence electrons. The van der Waals surface area contributed by atoms with Gasteiger partial charge in [0, 0.05) is 36.0 Å². The Bertz CT molecular complexity index is 1070. The molecule has 1 aliphatic heterocycles. The molecule has 1 atom stereocenters. The molecule has 1 heterocycles. The molecule has 0 spiro atoms. The predicted molar refractivity (Wildman–Crippen MR) is 137 cm³/mol. The molecular weight excluding hydrogens is 467 g/mol. The molecule has 0 fully saturated rings. The van der Waals surface area contributed by atoms with Gasteiger partial charge in [0.25, 0.3) is 5.91 Å². The molecule has 0 aliphatic carbocycles. The number of carbonyl (C=O) groups is 2. The van der Waals surface area contributed by atoms with E-state index in [1.54, 1.807) is 11.8 Å². The van der Waals surface area contributed by atoms with Gasteiger partial charge < -0.3 is 25.2 Å². The summed E-state index contributed by atoms with van der Waals surface area (Å²) in [6.45, 7) is 17.1. The molecule has 1 aromatic carbocycles. The van der Waals surface area contributed by atoms with Crippen LogP contribution >= 0.6 is 0 Å². The Labute approximate surface area is 211 Å². The lowest BCUT2D eigenvalue weighted by molar-refractivity contribution is -0.121. The molecule has 0 saturated carbocycles. The fourth-order valence-electron chi connectivity index (χ4n) is 3.56. The maximum atomic E-state index is 14.4. The first-order chi connectivity index (χ1) is 16.9. The number of unbranched alkanes of at least 4 members (excludes halogenated alkanes) is 1. The number of halogens is 2. The summed E-state index contributed by atoms with van der Waals surface area (Å²) in [5.41, 5.74) is 1.25. The number of fused-ring (bicyclic) bond motifs is 1. The molecule has 0 saturated heterocycles. The van der Waals surface area contributed by atoms with Crippen molar-refractivity contribution in [3.63, 3.8) is 0 Å². The molecule has 36 heavy (non-hydrogen) atoms. The Kier molecular flexibility index (Phi) is 10.6. The zero-order chi connectivity index (χ0) is 27.0.